The third-order valence-electron chi connectivity index (χ3n) is 0.953. The van der Waals surface area contributed by atoms with Gasteiger partial charge in [-0.15, -0.1) is 0 Å². The fourth-order valence-corrected chi connectivity index (χ4v) is 0.529. The molecule has 0 unspecified atom stereocenters. The van der Waals surface area contributed by atoms with Crippen LogP contribution in [-0.2, 0) is 0 Å². The van der Waals surface area contributed by atoms with Gasteiger partial charge in [0, 0.05) is 0 Å². The van der Waals surface area contributed by atoms with E-state index in [0.29, 0.717) is 0 Å². The summed E-state index contributed by atoms with van der Waals surface area (Å²) < 4.78 is 0. The van der Waals surface area contributed by atoms with Crippen LogP contribution in [0.25, 0.3) is 5.53 Å². The van der Waals surface area contributed by atoms with Crippen LogP contribution in [-0.4, -0.2) is 4.79 Å². The minimum absolute atomic E-state index is 0.407. The second-order valence-electron chi connectivity index (χ2n) is 1.51. The smallest absolute Gasteiger partial charge is 0.360 e. The summed E-state index contributed by atoms with van der Waals surface area (Å²) in [5.74, 6) is 0. The Morgan fingerprint density at radius 2 is 1.67 bits per heavy atom. The normalized spacial score (nSPS) is 8.89. The molecule has 44 valence electrons. The lowest BCUT2D eigenvalue weighted by Crippen LogP contribution is -2.32. The summed E-state index contributed by atoms with van der Waals surface area (Å²) >= 11 is 0. The van der Waals surface area contributed by atoms with Crippen molar-refractivity contribution in [3.63, 3.8) is 0 Å². The fraction of sp³-hybridized carbons (Fsp3) is 0. The molecule has 0 aromatic heterocycles. The van der Waals surface area contributed by atoms with Crippen LogP contribution < -0.4 is 16.2 Å². The van der Waals surface area contributed by atoms with Crippen molar-refractivity contribution in [2.24, 2.45) is 0 Å². The van der Waals surface area contributed by atoms with Crippen molar-refractivity contribution in [1.82, 2.24) is 0 Å². The Bertz CT molecular complexity index is 349. The number of hydrogen-bond donors (Lipinski definition) is 0. The highest BCUT2D eigenvalue weighted by Crippen LogP contribution is 1.51. The summed E-state index contributed by atoms with van der Waals surface area (Å²) in [6.45, 7) is 0. The molecule has 0 spiro atoms. The lowest BCUT2D eigenvalue weighted by Gasteiger charge is -1.47. The van der Waals surface area contributed by atoms with Crippen LogP contribution in [0.2, 0.25) is 0 Å². The molecule has 0 radical (unpaired) electrons. The predicted molar refractivity (Wildman–Crippen MR) is 28.1 cm³/mol. The van der Waals surface area contributed by atoms with Gasteiger partial charge in [-0.3, -0.25) is 9.59 Å². The van der Waals surface area contributed by atoms with Gasteiger partial charge in [0.1, 0.15) is 0 Å². The van der Waals surface area contributed by atoms with Gasteiger partial charge in [-0.1, -0.05) is 0 Å². The molecule has 0 saturated heterocycles. The minimum Gasteiger partial charge on any atom is -0.360 e. The molecule has 0 heterocycles. The molecule has 0 amide bonds. The molecule has 4 heteroatoms. The van der Waals surface area contributed by atoms with Crippen LogP contribution >= 0.6 is 0 Å². The average Bonchev–Trinajstić information content (AvgIpc) is 2.12. The van der Waals surface area contributed by atoms with Crippen molar-refractivity contribution in [3.05, 3.63) is 43.5 Å². The van der Waals surface area contributed by atoms with Gasteiger partial charge in [0.05, 0.1) is 0 Å². The Morgan fingerprint density at radius 1 is 1.22 bits per heavy atom. The van der Waals surface area contributed by atoms with E-state index in [1.54, 1.807) is 0 Å². The standard InChI is InChI=1S/C5H2N2O2/c6-7-5-3(8)1-2-4(5)9/h1-2H. The van der Waals surface area contributed by atoms with Crippen molar-refractivity contribution >= 4 is 0 Å². The van der Waals surface area contributed by atoms with E-state index in [4.69, 9.17) is 5.53 Å². The summed E-state index contributed by atoms with van der Waals surface area (Å²) in [5, 5.41) is -0.407. The van der Waals surface area contributed by atoms with Crippen molar-refractivity contribution in [2.75, 3.05) is 0 Å². The molecular formula is C5H2N2O2. The first-order valence-electron chi connectivity index (χ1n) is 2.24. The van der Waals surface area contributed by atoms with Crippen LogP contribution in [0, 0.1) is 0 Å². The first kappa shape index (κ1) is 5.59. The second kappa shape index (κ2) is 1.76. The lowest BCUT2D eigenvalue weighted by molar-refractivity contribution is -0.0676. The number of nitrogens with zero attached hydrogens (tertiary/aromatic N) is 2. The Labute approximate surface area is 49.3 Å². The van der Waals surface area contributed by atoms with E-state index in [2.05, 4.69) is 4.79 Å². The van der Waals surface area contributed by atoms with Gasteiger partial charge in [0.25, 0.3) is 10.9 Å². The van der Waals surface area contributed by atoms with E-state index < -0.39 is 16.2 Å². The van der Waals surface area contributed by atoms with E-state index >= 15 is 0 Å². The van der Waals surface area contributed by atoms with Crippen molar-refractivity contribution < 1.29 is 4.79 Å². The highest BCUT2D eigenvalue weighted by Gasteiger charge is 2.03. The monoisotopic (exact) mass is 122 g/mol. The van der Waals surface area contributed by atoms with Crippen molar-refractivity contribution in [1.29, 1.82) is 0 Å². The summed E-state index contributed by atoms with van der Waals surface area (Å²) in [6, 6.07) is 2.13. The van der Waals surface area contributed by atoms with E-state index in [9.17, 15) is 9.59 Å². The molecule has 0 fully saturated rings. The molecule has 0 aliphatic carbocycles. The predicted octanol–water partition coefficient (Wildman–Crippen LogP) is -1.59. The summed E-state index contributed by atoms with van der Waals surface area (Å²) in [4.78, 5) is 23.3. The molecule has 1 aromatic carbocycles. The van der Waals surface area contributed by atoms with E-state index in [1.165, 1.54) is 0 Å². The molecule has 1 rings (SSSR count). The Kier molecular flexibility index (Phi) is 1.09. The zero-order valence-corrected chi connectivity index (χ0v) is 4.37. The van der Waals surface area contributed by atoms with Crippen molar-refractivity contribution in [2.45, 2.75) is 0 Å². The van der Waals surface area contributed by atoms with E-state index in [-0.39, 0.29) is 0 Å². The van der Waals surface area contributed by atoms with Gasteiger partial charge in [-0.2, -0.15) is 4.79 Å². The SMILES string of the molecule is [N-]=[N+]=c1c(=O)ccc1=O. The molecule has 1 aromatic rings. The molecule has 0 aliphatic heterocycles. The van der Waals surface area contributed by atoms with Gasteiger partial charge >= 0.3 is 5.36 Å². The maximum Gasteiger partial charge on any atom is 0.408 e. The van der Waals surface area contributed by atoms with Crippen LogP contribution in [0.5, 0.6) is 0 Å². The number of rotatable bonds is 0. The Balaban J connectivity index is 4.07. The van der Waals surface area contributed by atoms with Gasteiger partial charge < -0.3 is 5.53 Å². The quantitative estimate of drug-likeness (QED) is 0.307. The first-order chi connectivity index (χ1) is 4.25. The van der Waals surface area contributed by atoms with Gasteiger partial charge in [0.2, 0.25) is 0 Å². The van der Waals surface area contributed by atoms with Crippen LogP contribution in [0.4, 0.5) is 0 Å². The maximum absolute atomic E-state index is 10.4. The number of hydrogen-bond acceptors (Lipinski definition) is 2. The van der Waals surface area contributed by atoms with E-state index in [0.717, 1.165) is 12.1 Å². The van der Waals surface area contributed by atoms with Gasteiger partial charge in [-0.25, -0.2) is 0 Å². The van der Waals surface area contributed by atoms with Crippen LogP contribution in [0.15, 0.2) is 21.7 Å². The molecule has 4 nitrogen and oxygen atoms in total. The van der Waals surface area contributed by atoms with Crippen LogP contribution in [0.1, 0.15) is 0 Å². The average molecular weight is 122 g/mol. The Hall–Kier alpha value is -1.54. The fourth-order valence-electron chi connectivity index (χ4n) is 0.529. The summed E-state index contributed by atoms with van der Waals surface area (Å²) in [5.41, 5.74) is 6.93. The maximum atomic E-state index is 10.4. The molecule has 0 atom stereocenters. The third-order valence-corrected chi connectivity index (χ3v) is 0.953. The molecule has 0 saturated carbocycles. The molecule has 0 bridgehead atoms. The minimum atomic E-state index is -0.539. The second-order valence-corrected chi connectivity index (χ2v) is 1.51. The highest BCUT2D eigenvalue weighted by molar-refractivity contribution is 4.99. The third kappa shape index (κ3) is 0.709. The Morgan fingerprint density at radius 3 is 1.89 bits per heavy atom. The molecule has 0 N–H and O–H groups in total. The summed E-state index contributed by atoms with van der Waals surface area (Å²) in [6.07, 6.45) is 0. The first-order valence-corrected chi connectivity index (χ1v) is 2.24. The van der Waals surface area contributed by atoms with E-state index in [1.807, 2.05) is 0 Å². The topological polar surface area (TPSA) is 70.5 Å². The lowest BCUT2D eigenvalue weighted by atomic mass is 10.6. The highest BCUT2D eigenvalue weighted by atomic mass is 16.1. The molecule has 9 heavy (non-hydrogen) atoms. The van der Waals surface area contributed by atoms with Gasteiger partial charge in [0.15, 0.2) is 0 Å². The zero-order chi connectivity index (χ0) is 6.85. The van der Waals surface area contributed by atoms with Gasteiger partial charge in [-0.05, 0) is 12.1 Å². The zero-order valence-electron chi connectivity index (χ0n) is 4.37. The molecular weight excluding hydrogens is 120 g/mol. The molecule has 0 aliphatic rings. The van der Waals surface area contributed by atoms with Crippen LogP contribution in [0.3, 0.4) is 0 Å². The summed E-state index contributed by atoms with van der Waals surface area (Å²) in [7, 11) is 0. The largest absolute Gasteiger partial charge is 0.408 e. The van der Waals surface area contributed by atoms with Crippen molar-refractivity contribution in [3.8, 4) is 0 Å².